The quantitative estimate of drug-likeness (QED) is 0.777. The maximum absolute atomic E-state index is 12.0. The molecule has 16 heavy (non-hydrogen) atoms. The first kappa shape index (κ1) is 10.4. The van der Waals surface area contributed by atoms with Gasteiger partial charge in [-0.3, -0.25) is 4.79 Å². The number of rotatable bonds is 2. The first-order valence-corrected chi connectivity index (χ1v) is 5.08. The molecular formula is C14H12O2. The van der Waals surface area contributed by atoms with E-state index >= 15 is 0 Å². The van der Waals surface area contributed by atoms with Crippen LogP contribution in [0, 0.1) is 6.92 Å². The Kier molecular flexibility index (Phi) is 2.73. The van der Waals surface area contributed by atoms with Crippen molar-refractivity contribution in [2.45, 2.75) is 6.92 Å². The van der Waals surface area contributed by atoms with E-state index in [0.29, 0.717) is 11.1 Å². The summed E-state index contributed by atoms with van der Waals surface area (Å²) in [6.45, 7) is 1.87. The Morgan fingerprint density at radius 1 is 1.06 bits per heavy atom. The summed E-state index contributed by atoms with van der Waals surface area (Å²) in [7, 11) is 0. The fourth-order valence-corrected chi connectivity index (χ4v) is 1.58. The predicted octanol–water partition coefficient (Wildman–Crippen LogP) is 2.93. The average molecular weight is 212 g/mol. The molecule has 0 saturated carbocycles. The van der Waals surface area contributed by atoms with E-state index in [1.54, 1.807) is 36.4 Å². The van der Waals surface area contributed by atoms with Gasteiger partial charge in [-0.2, -0.15) is 0 Å². The summed E-state index contributed by atoms with van der Waals surface area (Å²) in [4.78, 5) is 12.0. The van der Waals surface area contributed by atoms with Gasteiger partial charge >= 0.3 is 0 Å². The fourth-order valence-electron chi connectivity index (χ4n) is 1.58. The summed E-state index contributed by atoms with van der Waals surface area (Å²) in [5, 5.41) is 9.70. The van der Waals surface area contributed by atoms with Gasteiger partial charge in [0.1, 0.15) is 5.75 Å². The molecular weight excluding hydrogens is 200 g/mol. The number of hydrogen-bond donors (Lipinski definition) is 1. The van der Waals surface area contributed by atoms with Gasteiger partial charge < -0.3 is 5.11 Å². The third-order valence-corrected chi connectivity index (χ3v) is 2.43. The van der Waals surface area contributed by atoms with Crippen molar-refractivity contribution in [3.8, 4) is 5.75 Å². The lowest BCUT2D eigenvalue weighted by Crippen LogP contribution is -2.01. The maximum atomic E-state index is 12.0. The van der Waals surface area contributed by atoms with Crippen molar-refractivity contribution in [2.75, 3.05) is 0 Å². The number of carbonyl (C=O) groups excluding carboxylic acids is 1. The smallest absolute Gasteiger partial charge is 0.196 e. The molecule has 2 nitrogen and oxygen atoms in total. The standard InChI is InChI=1S/C14H12O2/c1-10-7-8-12(13(15)9-10)14(16)11-5-3-2-4-6-11/h2-9,15H,1H3. The minimum Gasteiger partial charge on any atom is -0.507 e. The monoisotopic (exact) mass is 212 g/mol. The van der Waals surface area contributed by atoms with Crippen LogP contribution in [0.25, 0.3) is 0 Å². The SMILES string of the molecule is Cc1ccc(C(=O)c2ccccc2)c(O)c1. The van der Waals surface area contributed by atoms with Crippen LogP contribution in [0.1, 0.15) is 21.5 Å². The number of phenolic OH excluding ortho intramolecular Hbond substituents is 1. The maximum Gasteiger partial charge on any atom is 0.196 e. The number of hydrogen-bond acceptors (Lipinski definition) is 2. The van der Waals surface area contributed by atoms with Crippen molar-refractivity contribution in [1.82, 2.24) is 0 Å². The Labute approximate surface area is 94.2 Å². The van der Waals surface area contributed by atoms with Crippen LogP contribution in [0.2, 0.25) is 0 Å². The lowest BCUT2D eigenvalue weighted by molar-refractivity contribution is 0.103. The van der Waals surface area contributed by atoms with Gasteiger partial charge in [-0.25, -0.2) is 0 Å². The van der Waals surface area contributed by atoms with Gasteiger partial charge in [0.15, 0.2) is 5.78 Å². The third kappa shape index (κ3) is 1.96. The molecule has 0 aliphatic heterocycles. The fraction of sp³-hybridized carbons (Fsp3) is 0.0714. The molecule has 0 amide bonds. The Morgan fingerprint density at radius 2 is 1.75 bits per heavy atom. The number of benzene rings is 2. The Balaban J connectivity index is 2.42. The van der Waals surface area contributed by atoms with E-state index in [0.717, 1.165) is 5.56 Å². The largest absolute Gasteiger partial charge is 0.507 e. The normalized spacial score (nSPS) is 10.1. The number of carbonyl (C=O) groups is 1. The van der Waals surface area contributed by atoms with Crippen molar-refractivity contribution < 1.29 is 9.90 Å². The molecule has 2 aromatic rings. The van der Waals surface area contributed by atoms with Gasteiger partial charge in [0, 0.05) is 5.56 Å². The summed E-state index contributed by atoms with van der Waals surface area (Å²) < 4.78 is 0. The molecule has 0 heterocycles. The first-order valence-electron chi connectivity index (χ1n) is 5.08. The van der Waals surface area contributed by atoms with E-state index in [2.05, 4.69) is 0 Å². The second kappa shape index (κ2) is 4.19. The summed E-state index contributed by atoms with van der Waals surface area (Å²) in [5.41, 5.74) is 1.86. The van der Waals surface area contributed by atoms with Gasteiger partial charge in [-0.05, 0) is 24.6 Å². The van der Waals surface area contributed by atoms with Gasteiger partial charge in [-0.15, -0.1) is 0 Å². The van der Waals surface area contributed by atoms with Crippen molar-refractivity contribution in [3.05, 3.63) is 65.2 Å². The molecule has 2 rings (SSSR count). The Hall–Kier alpha value is -2.09. The zero-order valence-corrected chi connectivity index (χ0v) is 8.97. The zero-order chi connectivity index (χ0) is 11.5. The lowest BCUT2D eigenvalue weighted by atomic mass is 10.0. The summed E-state index contributed by atoms with van der Waals surface area (Å²) in [5.74, 6) is -0.119. The highest BCUT2D eigenvalue weighted by molar-refractivity contribution is 6.10. The number of aryl methyl sites for hydroxylation is 1. The molecule has 0 unspecified atom stereocenters. The zero-order valence-electron chi connectivity index (χ0n) is 8.97. The van der Waals surface area contributed by atoms with E-state index < -0.39 is 0 Å². The topological polar surface area (TPSA) is 37.3 Å². The highest BCUT2D eigenvalue weighted by atomic mass is 16.3. The second-order valence-corrected chi connectivity index (χ2v) is 3.72. The summed E-state index contributed by atoms with van der Waals surface area (Å²) in [6.07, 6.45) is 0. The summed E-state index contributed by atoms with van der Waals surface area (Å²) >= 11 is 0. The van der Waals surface area contributed by atoms with E-state index in [1.807, 2.05) is 19.1 Å². The van der Waals surface area contributed by atoms with Crippen LogP contribution in [-0.4, -0.2) is 10.9 Å². The van der Waals surface area contributed by atoms with E-state index in [1.165, 1.54) is 0 Å². The van der Waals surface area contributed by atoms with Crippen LogP contribution in [-0.2, 0) is 0 Å². The first-order chi connectivity index (χ1) is 7.68. The van der Waals surface area contributed by atoms with Crippen molar-refractivity contribution in [2.24, 2.45) is 0 Å². The van der Waals surface area contributed by atoms with E-state index in [9.17, 15) is 9.90 Å². The van der Waals surface area contributed by atoms with E-state index in [4.69, 9.17) is 0 Å². The molecule has 2 aromatic carbocycles. The minimum absolute atomic E-state index is 0.0360. The van der Waals surface area contributed by atoms with Crippen LogP contribution in [0.15, 0.2) is 48.5 Å². The molecule has 0 fully saturated rings. The molecule has 80 valence electrons. The van der Waals surface area contributed by atoms with Crippen molar-refractivity contribution >= 4 is 5.78 Å². The highest BCUT2D eigenvalue weighted by Gasteiger charge is 2.12. The van der Waals surface area contributed by atoms with Crippen LogP contribution in [0.5, 0.6) is 5.75 Å². The molecule has 0 atom stereocenters. The van der Waals surface area contributed by atoms with Crippen LogP contribution in [0.3, 0.4) is 0 Å². The van der Waals surface area contributed by atoms with Crippen molar-refractivity contribution in [1.29, 1.82) is 0 Å². The Bertz CT molecular complexity index is 516. The molecule has 0 aromatic heterocycles. The average Bonchev–Trinajstić information content (AvgIpc) is 2.29. The Morgan fingerprint density at radius 3 is 2.38 bits per heavy atom. The third-order valence-electron chi connectivity index (χ3n) is 2.43. The minimum atomic E-state index is -0.155. The lowest BCUT2D eigenvalue weighted by Gasteiger charge is -2.04. The summed E-state index contributed by atoms with van der Waals surface area (Å²) in [6, 6.07) is 14.0. The second-order valence-electron chi connectivity index (χ2n) is 3.72. The molecule has 0 aliphatic carbocycles. The number of aromatic hydroxyl groups is 1. The molecule has 2 heteroatoms. The van der Waals surface area contributed by atoms with Crippen LogP contribution < -0.4 is 0 Å². The molecule has 1 N–H and O–H groups in total. The van der Waals surface area contributed by atoms with Gasteiger partial charge in [0.2, 0.25) is 0 Å². The van der Waals surface area contributed by atoms with Crippen LogP contribution in [0.4, 0.5) is 0 Å². The van der Waals surface area contributed by atoms with Gasteiger partial charge in [-0.1, -0.05) is 36.4 Å². The molecule has 0 aliphatic rings. The molecule has 0 spiro atoms. The van der Waals surface area contributed by atoms with E-state index in [-0.39, 0.29) is 11.5 Å². The molecule has 0 saturated heterocycles. The number of ketones is 1. The van der Waals surface area contributed by atoms with Crippen molar-refractivity contribution in [3.63, 3.8) is 0 Å². The number of phenols is 1. The predicted molar refractivity (Wildman–Crippen MR) is 62.7 cm³/mol. The van der Waals surface area contributed by atoms with Crippen LogP contribution >= 0.6 is 0 Å². The highest BCUT2D eigenvalue weighted by Crippen LogP contribution is 2.21. The molecule has 0 bridgehead atoms. The van der Waals surface area contributed by atoms with Gasteiger partial charge in [0.25, 0.3) is 0 Å². The van der Waals surface area contributed by atoms with Gasteiger partial charge in [0.05, 0.1) is 5.56 Å². The molecule has 0 radical (unpaired) electrons.